The summed E-state index contributed by atoms with van der Waals surface area (Å²) in [5.74, 6) is 0.215. The van der Waals surface area contributed by atoms with Crippen LogP contribution in [0, 0.1) is 5.92 Å². The minimum atomic E-state index is -3.25. The van der Waals surface area contributed by atoms with Gasteiger partial charge in [0.05, 0.1) is 5.75 Å². The molecule has 1 aromatic rings. The van der Waals surface area contributed by atoms with E-state index < -0.39 is 15.7 Å². The molecule has 0 unspecified atom stereocenters. The van der Waals surface area contributed by atoms with Gasteiger partial charge in [0, 0.05) is 31.4 Å². The van der Waals surface area contributed by atoms with E-state index in [1.54, 1.807) is 12.3 Å². The lowest BCUT2D eigenvalue weighted by Crippen LogP contribution is -2.46. The summed E-state index contributed by atoms with van der Waals surface area (Å²) in [6.45, 7) is 4.28. The van der Waals surface area contributed by atoms with Crippen molar-refractivity contribution in [2.24, 2.45) is 5.92 Å². The molecular formula is C15H23FN2O2S. The molecule has 1 aliphatic rings. The van der Waals surface area contributed by atoms with Crippen LogP contribution in [0.15, 0.2) is 24.4 Å². The standard InChI is InChI=1S/C15H23FN2O2S/c1-13(2)12-21(19,20)18-9-6-15(16,7-10-18)11-14-5-3-4-8-17-14/h3-5,8,13H,6-7,9-12H2,1-2H3. The molecule has 4 nitrogen and oxygen atoms in total. The van der Waals surface area contributed by atoms with E-state index in [4.69, 9.17) is 0 Å². The number of hydrogen-bond donors (Lipinski definition) is 0. The molecule has 0 aromatic carbocycles. The van der Waals surface area contributed by atoms with Gasteiger partial charge in [-0.15, -0.1) is 0 Å². The number of alkyl halides is 1. The first-order chi connectivity index (χ1) is 9.81. The SMILES string of the molecule is CC(C)CS(=O)(=O)N1CCC(F)(Cc2ccccn2)CC1. The molecule has 0 aliphatic carbocycles. The first-order valence-electron chi connectivity index (χ1n) is 7.37. The van der Waals surface area contributed by atoms with Gasteiger partial charge < -0.3 is 0 Å². The number of aromatic nitrogens is 1. The molecule has 2 rings (SSSR count). The van der Waals surface area contributed by atoms with Gasteiger partial charge in [-0.1, -0.05) is 19.9 Å². The molecule has 2 heterocycles. The van der Waals surface area contributed by atoms with Crippen molar-refractivity contribution >= 4 is 10.0 Å². The molecule has 6 heteroatoms. The lowest BCUT2D eigenvalue weighted by atomic mass is 9.89. The second kappa shape index (κ2) is 6.40. The first-order valence-corrected chi connectivity index (χ1v) is 8.98. The zero-order valence-electron chi connectivity index (χ0n) is 12.6. The van der Waals surface area contributed by atoms with Gasteiger partial charge in [0.15, 0.2) is 0 Å². The van der Waals surface area contributed by atoms with Gasteiger partial charge in [0.25, 0.3) is 0 Å². The highest BCUT2D eigenvalue weighted by Crippen LogP contribution is 2.31. The summed E-state index contributed by atoms with van der Waals surface area (Å²) >= 11 is 0. The number of hydrogen-bond acceptors (Lipinski definition) is 3. The topological polar surface area (TPSA) is 50.3 Å². The third-order valence-electron chi connectivity index (χ3n) is 3.78. The zero-order chi connectivity index (χ0) is 15.5. The van der Waals surface area contributed by atoms with E-state index in [9.17, 15) is 12.8 Å². The lowest BCUT2D eigenvalue weighted by Gasteiger charge is -2.35. The average molecular weight is 314 g/mol. The Labute approximate surface area is 126 Å². The third-order valence-corrected chi connectivity index (χ3v) is 6.02. The van der Waals surface area contributed by atoms with Gasteiger partial charge in [0.2, 0.25) is 10.0 Å². The molecule has 1 saturated heterocycles. The fourth-order valence-electron chi connectivity index (χ4n) is 2.70. The number of nitrogens with zero attached hydrogens (tertiary/aromatic N) is 2. The number of piperidine rings is 1. The van der Waals surface area contributed by atoms with Gasteiger partial charge in [0.1, 0.15) is 5.67 Å². The predicted molar refractivity (Wildman–Crippen MR) is 81.2 cm³/mol. The van der Waals surface area contributed by atoms with Crippen molar-refractivity contribution in [1.82, 2.24) is 9.29 Å². The van der Waals surface area contributed by atoms with Gasteiger partial charge in [-0.25, -0.2) is 17.1 Å². The molecule has 1 aromatic heterocycles. The van der Waals surface area contributed by atoms with E-state index >= 15 is 0 Å². The van der Waals surface area contributed by atoms with E-state index in [2.05, 4.69) is 4.98 Å². The molecule has 1 aliphatic heterocycles. The minimum absolute atomic E-state index is 0.0839. The Balaban J connectivity index is 1.96. The Hall–Kier alpha value is -1.01. The third kappa shape index (κ3) is 4.48. The molecule has 0 N–H and O–H groups in total. The normalized spacial score (nSPS) is 19.8. The summed E-state index contributed by atoms with van der Waals surface area (Å²) in [5.41, 5.74) is -0.628. The van der Waals surface area contributed by atoms with Crippen LogP contribution in [0.25, 0.3) is 0 Å². The highest BCUT2D eigenvalue weighted by molar-refractivity contribution is 7.89. The fraction of sp³-hybridized carbons (Fsp3) is 0.667. The molecular weight excluding hydrogens is 291 g/mol. The molecule has 21 heavy (non-hydrogen) atoms. The van der Waals surface area contributed by atoms with Crippen LogP contribution in [-0.2, 0) is 16.4 Å². The smallest absolute Gasteiger partial charge is 0.214 e. The van der Waals surface area contributed by atoms with Crippen molar-refractivity contribution in [2.45, 2.75) is 38.8 Å². The second-order valence-electron chi connectivity index (χ2n) is 6.22. The quantitative estimate of drug-likeness (QED) is 0.838. The molecule has 0 amide bonds. The Bertz CT molecular complexity index is 552. The van der Waals surface area contributed by atoms with Crippen molar-refractivity contribution in [1.29, 1.82) is 0 Å². The number of halogens is 1. The van der Waals surface area contributed by atoms with Gasteiger partial charge >= 0.3 is 0 Å². The molecule has 0 bridgehead atoms. The number of pyridine rings is 1. The van der Waals surface area contributed by atoms with E-state index in [0.29, 0.717) is 0 Å². The van der Waals surface area contributed by atoms with Crippen LogP contribution in [0.2, 0.25) is 0 Å². The molecule has 118 valence electrons. The summed E-state index contributed by atoms with van der Waals surface area (Å²) in [4.78, 5) is 4.15. The number of rotatable bonds is 5. The monoisotopic (exact) mass is 314 g/mol. The van der Waals surface area contributed by atoms with Gasteiger partial charge in [-0.05, 0) is 30.9 Å². The Morgan fingerprint density at radius 3 is 2.52 bits per heavy atom. The Kier molecular flexibility index (Phi) is 4.99. The van der Waals surface area contributed by atoms with Crippen LogP contribution >= 0.6 is 0 Å². The Morgan fingerprint density at radius 1 is 1.33 bits per heavy atom. The fourth-order valence-corrected chi connectivity index (χ4v) is 4.49. The van der Waals surface area contributed by atoms with Crippen molar-refractivity contribution in [3.05, 3.63) is 30.1 Å². The maximum absolute atomic E-state index is 14.8. The van der Waals surface area contributed by atoms with Crippen LogP contribution < -0.4 is 0 Å². The summed E-state index contributed by atoms with van der Waals surface area (Å²) in [6.07, 6.45) is 2.38. The van der Waals surface area contributed by atoms with Gasteiger partial charge in [-0.2, -0.15) is 0 Å². The van der Waals surface area contributed by atoms with Crippen LogP contribution in [0.4, 0.5) is 4.39 Å². The van der Waals surface area contributed by atoms with Crippen molar-refractivity contribution in [3.8, 4) is 0 Å². The van der Waals surface area contributed by atoms with Gasteiger partial charge in [-0.3, -0.25) is 4.98 Å². The summed E-state index contributed by atoms with van der Waals surface area (Å²) < 4.78 is 40.6. The van der Waals surface area contributed by atoms with E-state index in [1.807, 2.05) is 26.0 Å². The second-order valence-corrected chi connectivity index (χ2v) is 8.23. The van der Waals surface area contributed by atoms with E-state index in [1.165, 1.54) is 4.31 Å². The van der Waals surface area contributed by atoms with Crippen LogP contribution in [-0.4, -0.2) is 42.2 Å². The van der Waals surface area contributed by atoms with Crippen molar-refractivity contribution < 1.29 is 12.8 Å². The summed E-state index contributed by atoms with van der Waals surface area (Å²) in [6, 6.07) is 5.45. The van der Waals surface area contributed by atoms with E-state index in [-0.39, 0.29) is 44.0 Å². The zero-order valence-corrected chi connectivity index (χ0v) is 13.4. The molecule has 0 radical (unpaired) electrons. The van der Waals surface area contributed by atoms with Crippen LogP contribution in [0.5, 0.6) is 0 Å². The summed E-state index contributed by atoms with van der Waals surface area (Å²) in [5, 5.41) is 0. The molecule has 0 saturated carbocycles. The first kappa shape index (κ1) is 16.4. The largest absolute Gasteiger partial charge is 0.261 e. The van der Waals surface area contributed by atoms with Crippen molar-refractivity contribution in [3.63, 3.8) is 0 Å². The lowest BCUT2D eigenvalue weighted by molar-refractivity contribution is 0.0878. The average Bonchev–Trinajstić information content (AvgIpc) is 2.38. The highest BCUT2D eigenvalue weighted by Gasteiger charge is 2.38. The van der Waals surface area contributed by atoms with Crippen molar-refractivity contribution in [2.75, 3.05) is 18.8 Å². The highest BCUT2D eigenvalue weighted by atomic mass is 32.2. The van der Waals surface area contributed by atoms with E-state index in [0.717, 1.165) is 5.69 Å². The predicted octanol–water partition coefficient (Wildman–Crippen LogP) is 2.41. The number of sulfonamides is 1. The maximum Gasteiger partial charge on any atom is 0.214 e. The molecule has 1 fully saturated rings. The molecule has 0 atom stereocenters. The minimum Gasteiger partial charge on any atom is -0.261 e. The molecule has 0 spiro atoms. The maximum atomic E-state index is 14.8. The van der Waals surface area contributed by atoms with Crippen LogP contribution in [0.3, 0.4) is 0 Å². The van der Waals surface area contributed by atoms with Crippen LogP contribution in [0.1, 0.15) is 32.4 Å². The Morgan fingerprint density at radius 2 is 2.00 bits per heavy atom. The summed E-state index contributed by atoms with van der Waals surface area (Å²) in [7, 11) is -3.25.